The van der Waals surface area contributed by atoms with Crippen LogP contribution in [-0.2, 0) is 16.6 Å². The van der Waals surface area contributed by atoms with Crippen molar-refractivity contribution in [2.24, 2.45) is 0 Å². The molecule has 144 valence electrons. The summed E-state index contributed by atoms with van der Waals surface area (Å²) in [7, 11) is -3.50. The normalized spacial score (nSPS) is 15.3. The summed E-state index contributed by atoms with van der Waals surface area (Å²) in [5.74, 6) is -0.0905. The Kier molecular flexibility index (Phi) is 5.97. The maximum atomic E-state index is 13.1. The molecular weight excluding hydrogens is 360 g/mol. The Morgan fingerprint density at radius 2 is 1.74 bits per heavy atom. The summed E-state index contributed by atoms with van der Waals surface area (Å²) in [6.45, 7) is 4.60. The number of carbonyl (C=O) groups is 1. The molecule has 1 aliphatic rings. The van der Waals surface area contributed by atoms with Gasteiger partial charge < -0.3 is 4.90 Å². The Bertz CT molecular complexity index is 875. The number of carbonyl (C=O) groups excluding carboxylic acids is 1. The molecule has 1 N–H and O–H groups in total. The minimum Gasteiger partial charge on any atom is -0.332 e. The van der Waals surface area contributed by atoms with Crippen LogP contribution in [0.5, 0.6) is 0 Å². The molecule has 0 aliphatic heterocycles. The van der Waals surface area contributed by atoms with Gasteiger partial charge >= 0.3 is 0 Å². The number of hydrogen-bond donors (Lipinski definition) is 1. The van der Waals surface area contributed by atoms with Gasteiger partial charge in [-0.2, -0.15) is 0 Å². The zero-order valence-electron chi connectivity index (χ0n) is 15.8. The fourth-order valence-electron chi connectivity index (χ4n) is 2.86. The lowest BCUT2D eigenvalue weighted by Crippen LogP contribution is -2.37. The maximum Gasteiger partial charge on any atom is 0.254 e. The molecule has 1 unspecified atom stereocenters. The van der Waals surface area contributed by atoms with Crippen LogP contribution >= 0.6 is 0 Å². The molecule has 1 atom stereocenters. The first-order valence-corrected chi connectivity index (χ1v) is 10.9. The highest BCUT2D eigenvalue weighted by atomic mass is 32.2. The second kappa shape index (κ2) is 8.23. The Morgan fingerprint density at radius 3 is 2.30 bits per heavy atom. The van der Waals surface area contributed by atoms with Crippen molar-refractivity contribution >= 4 is 15.9 Å². The molecule has 3 rings (SSSR count). The van der Waals surface area contributed by atoms with Gasteiger partial charge in [-0.1, -0.05) is 37.3 Å². The predicted molar refractivity (Wildman–Crippen MR) is 106 cm³/mol. The molecule has 2 aromatic rings. The highest BCUT2D eigenvalue weighted by Gasteiger charge is 2.28. The van der Waals surface area contributed by atoms with E-state index in [-0.39, 0.29) is 22.9 Å². The number of nitrogens with zero attached hydrogens (tertiary/aromatic N) is 1. The SMILES string of the molecule is CCC(C)N(Cc1ccccc1)C(=O)c1ccc(S(=O)(=O)NC2CC2)cc1. The average molecular weight is 387 g/mol. The molecular formula is C21H26N2O3S. The van der Waals surface area contributed by atoms with E-state index in [1.54, 1.807) is 12.1 Å². The molecule has 0 saturated heterocycles. The van der Waals surface area contributed by atoms with Crippen molar-refractivity contribution in [1.29, 1.82) is 0 Å². The van der Waals surface area contributed by atoms with Crippen molar-refractivity contribution < 1.29 is 13.2 Å². The second-order valence-electron chi connectivity index (χ2n) is 7.10. The summed E-state index contributed by atoms with van der Waals surface area (Å²) >= 11 is 0. The molecule has 27 heavy (non-hydrogen) atoms. The smallest absolute Gasteiger partial charge is 0.254 e. The minimum atomic E-state index is -3.50. The van der Waals surface area contributed by atoms with E-state index in [1.165, 1.54) is 12.1 Å². The number of benzene rings is 2. The quantitative estimate of drug-likeness (QED) is 0.754. The van der Waals surface area contributed by atoms with Gasteiger partial charge in [0.1, 0.15) is 0 Å². The lowest BCUT2D eigenvalue weighted by Gasteiger charge is -2.29. The van der Waals surface area contributed by atoms with Crippen LogP contribution in [0.4, 0.5) is 0 Å². The Morgan fingerprint density at radius 1 is 1.11 bits per heavy atom. The molecule has 0 aromatic heterocycles. The van der Waals surface area contributed by atoms with Gasteiger partial charge in [0.05, 0.1) is 4.90 Å². The summed E-state index contributed by atoms with van der Waals surface area (Å²) in [6.07, 6.45) is 2.62. The van der Waals surface area contributed by atoms with Gasteiger partial charge in [-0.25, -0.2) is 13.1 Å². The van der Waals surface area contributed by atoms with Crippen molar-refractivity contribution in [1.82, 2.24) is 9.62 Å². The van der Waals surface area contributed by atoms with Gasteiger partial charge in [-0.05, 0) is 56.0 Å². The fourth-order valence-corrected chi connectivity index (χ4v) is 4.16. The number of hydrogen-bond acceptors (Lipinski definition) is 3. The molecule has 0 spiro atoms. The van der Waals surface area contributed by atoms with E-state index >= 15 is 0 Å². The molecule has 1 amide bonds. The maximum absolute atomic E-state index is 13.1. The first-order chi connectivity index (χ1) is 12.9. The van der Waals surface area contributed by atoms with Crippen LogP contribution in [0.3, 0.4) is 0 Å². The van der Waals surface area contributed by atoms with Crippen molar-refractivity contribution in [3.63, 3.8) is 0 Å². The van der Waals surface area contributed by atoms with Crippen LogP contribution in [0.25, 0.3) is 0 Å². The Labute approximate surface area is 161 Å². The predicted octanol–water partition coefficient (Wildman–Crippen LogP) is 3.57. The average Bonchev–Trinajstić information content (AvgIpc) is 3.49. The van der Waals surface area contributed by atoms with E-state index in [9.17, 15) is 13.2 Å². The molecule has 0 radical (unpaired) electrons. The molecule has 0 bridgehead atoms. The Hall–Kier alpha value is -2.18. The standard InChI is InChI=1S/C21H26N2O3S/c1-3-16(2)23(15-17-7-5-4-6-8-17)21(24)18-9-13-20(14-10-18)27(25,26)22-19-11-12-19/h4-10,13-14,16,19,22H,3,11-12,15H2,1-2H3. The second-order valence-corrected chi connectivity index (χ2v) is 8.81. The van der Waals surface area contributed by atoms with Crippen molar-refractivity contribution in [3.8, 4) is 0 Å². The van der Waals surface area contributed by atoms with E-state index in [0.717, 1.165) is 24.8 Å². The highest BCUT2D eigenvalue weighted by molar-refractivity contribution is 7.89. The summed E-state index contributed by atoms with van der Waals surface area (Å²) in [4.78, 5) is 15.1. The third kappa shape index (κ3) is 4.96. The minimum absolute atomic E-state index is 0.0584. The summed E-state index contributed by atoms with van der Waals surface area (Å²) in [6, 6.07) is 16.2. The molecule has 1 aliphatic carbocycles. The van der Waals surface area contributed by atoms with Crippen molar-refractivity contribution in [2.75, 3.05) is 0 Å². The van der Waals surface area contributed by atoms with Crippen LogP contribution in [-0.4, -0.2) is 31.3 Å². The van der Waals surface area contributed by atoms with Crippen LogP contribution in [0.15, 0.2) is 59.5 Å². The monoisotopic (exact) mass is 386 g/mol. The van der Waals surface area contributed by atoms with Crippen LogP contribution in [0.2, 0.25) is 0 Å². The summed E-state index contributed by atoms with van der Waals surface area (Å²) in [5, 5.41) is 0. The number of rotatable bonds is 8. The van der Waals surface area contributed by atoms with Gasteiger partial charge in [-0.15, -0.1) is 0 Å². The van der Waals surface area contributed by atoms with E-state index in [1.807, 2.05) is 42.2 Å². The van der Waals surface area contributed by atoms with E-state index < -0.39 is 10.0 Å². The lowest BCUT2D eigenvalue weighted by atomic mass is 10.1. The zero-order valence-corrected chi connectivity index (χ0v) is 16.6. The molecule has 1 saturated carbocycles. The number of amides is 1. The topological polar surface area (TPSA) is 66.5 Å². The highest BCUT2D eigenvalue weighted by Crippen LogP contribution is 2.23. The van der Waals surface area contributed by atoms with E-state index in [0.29, 0.717) is 12.1 Å². The summed E-state index contributed by atoms with van der Waals surface area (Å²) in [5.41, 5.74) is 1.57. The molecule has 6 heteroatoms. The summed E-state index contributed by atoms with van der Waals surface area (Å²) < 4.78 is 27.2. The van der Waals surface area contributed by atoms with Crippen LogP contribution in [0.1, 0.15) is 49.0 Å². The van der Waals surface area contributed by atoms with Crippen molar-refractivity contribution in [2.45, 2.75) is 56.6 Å². The van der Waals surface area contributed by atoms with Gasteiger partial charge in [-0.3, -0.25) is 4.79 Å². The molecule has 1 fully saturated rings. The van der Waals surface area contributed by atoms with Gasteiger partial charge in [0.25, 0.3) is 5.91 Å². The molecule has 5 nitrogen and oxygen atoms in total. The van der Waals surface area contributed by atoms with Crippen LogP contribution in [0, 0.1) is 0 Å². The third-order valence-electron chi connectivity index (χ3n) is 4.89. The van der Waals surface area contributed by atoms with E-state index in [4.69, 9.17) is 0 Å². The lowest BCUT2D eigenvalue weighted by molar-refractivity contribution is 0.0671. The zero-order chi connectivity index (χ0) is 19.4. The number of nitrogens with one attached hydrogen (secondary N) is 1. The molecule has 2 aromatic carbocycles. The van der Waals surface area contributed by atoms with Gasteiger partial charge in [0.15, 0.2) is 0 Å². The first kappa shape index (κ1) is 19.6. The first-order valence-electron chi connectivity index (χ1n) is 9.38. The fraction of sp³-hybridized carbons (Fsp3) is 0.381. The van der Waals surface area contributed by atoms with E-state index in [2.05, 4.69) is 11.6 Å². The van der Waals surface area contributed by atoms with Crippen LogP contribution < -0.4 is 4.72 Å². The molecule has 0 heterocycles. The van der Waals surface area contributed by atoms with Gasteiger partial charge in [0, 0.05) is 24.2 Å². The Balaban J connectivity index is 1.78. The number of sulfonamides is 1. The third-order valence-corrected chi connectivity index (χ3v) is 6.43. The largest absolute Gasteiger partial charge is 0.332 e. The van der Waals surface area contributed by atoms with Crippen molar-refractivity contribution in [3.05, 3.63) is 65.7 Å². The van der Waals surface area contributed by atoms with Gasteiger partial charge in [0.2, 0.25) is 10.0 Å².